The maximum atomic E-state index is 11.0. The number of nitrogens with zero attached hydrogens (tertiary/aromatic N) is 3. The molecule has 0 saturated carbocycles. The van der Waals surface area contributed by atoms with Gasteiger partial charge in [-0.2, -0.15) is 0 Å². The smallest absolute Gasteiger partial charge is 0.202 e. The Morgan fingerprint density at radius 3 is 2.88 bits per heavy atom. The molecule has 5 nitrogen and oxygen atoms in total. The van der Waals surface area contributed by atoms with Crippen LogP contribution < -0.4 is 5.73 Å². The van der Waals surface area contributed by atoms with Crippen molar-refractivity contribution < 1.29 is 4.21 Å². The first-order valence-corrected chi connectivity index (χ1v) is 7.20. The second-order valence-corrected chi connectivity index (χ2v) is 5.60. The molecule has 0 fully saturated rings. The number of hydrogen-bond acceptors (Lipinski definition) is 4. The number of imidazole rings is 1. The van der Waals surface area contributed by atoms with Crippen molar-refractivity contribution in [1.29, 1.82) is 0 Å². The maximum Gasteiger partial charge on any atom is 0.202 e. The molecule has 0 spiro atoms. The Balaban J connectivity index is 2.28. The van der Waals surface area contributed by atoms with E-state index < -0.39 is 10.8 Å². The molecule has 2 aromatic heterocycles. The Labute approximate surface area is 103 Å². The minimum Gasteiger partial charge on any atom is -0.369 e. The van der Waals surface area contributed by atoms with E-state index >= 15 is 0 Å². The van der Waals surface area contributed by atoms with E-state index in [-0.39, 0.29) is 0 Å². The van der Waals surface area contributed by atoms with E-state index in [1.807, 2.05) is 23.6 Å². The van der Waals surface area contributed by atoms with Gasteiger partial charge in [-0.3, -0.25) is 8.78 Å². The molecule has 2 rings (SSSR count). The molecule has 1 atom stereocenters. The highest BCUT2D eigenvalue weighted by Crippen LogP contribution is 2.16. The standard InChI is InChI=1S/C11H16N4OS/c1-8-4-5-9-10(13-8)15(11(12)14-9)6-3-7-17(2)16/h4-5H,3,6-7H2,1-2H3,(H2,12,14). The number of rotatable bonds is 4. The molecule has 0 amide bonds. The molecule has 0 aliphatic rings. The summed E-state index contributed by atoms with van der Waals surface area (Å²) in [4.78, 5) is 8.69. The van der Waals surface area contributed by atoms with Gasteiger partial charge in [0.05, 0.1) is 0 Å². The summed E-state index contributed by atoms with van der Waals surface area (Å²) in [5.74, 6) is 1.14. The van der Waals surface area contributed by atoms with Crippen molar-refractivity contribution in [2.75, 3.05) is 17.7 Å². The fourth-order valence-electron chi connectivity index (χ4n) is 1.76. The van der Waals surface area contributed by atoms with Crippen molar-refractivity contribution in [2.45, 2.75) is 19.9 Å². The predicted molar refractivity (Wildman–Crippen MR) is 70.2 cm³/mol. The number of fused-ring (bicyclic) bond motifs is 1. The van der Waals surface area contributed by atoms with Crippen LogP contribution in [0.15, 0.2) is 12.1 Å². The minimum absolute atomic E-state index is 0.472. The van der Waals surface area contributed by atoms with Crippen molar-refractivity contribution >= 4 is 27.9 Å². The van der Waals surface area contributed by atoms with E-state index in [1.54, 1.807) is 6.26 Å². The molecule has 0 aromatic carbocycles. The number of aryl methyl sites for hydroxylation is 2. The zero-order chi connectivity index (χ0) is 12.4. The maximum absolute atomic E-state index is 11.0. The summed E-state index contributed by atoms with van der Waals surface area (Å²) in [5.41, 5.74) is 8.42. The van der Waals surface area contributed by atoms with Crippen molar-refractivity contribution in [2.24, 2.45) is 0 Å². The van der Waals surface area contributed by atoms with Crippen molar-refractivity contribution in [3.8, 4) is 0 Å². The number of nitrogens with two attached hydrogens (primary N) is 1. The lowest BCUT2D eigenvalue weighted by Crippen LogP contribution is -2.07. The zero-order valence-electron chi connectivity index (χ0n) is 10.0. The van der Waals surface area contributed by atoms with Gasteiger partial charge in [-0.05, 0) is 25.5 Å². The molecule has 0 saturated heterocycles. The van der Waals surface area contributed by atoms with Gasteiger partial charge in [-0.25, -0.2) is 9.97 Å². The van der Waals surface area contributed by atoms with Gasteiger partial charge in [0.25, 0.3) is 0 Å². The normalized spacial score (nSPS) is 13.1. The van der Waals surface area contributed by atoms with E-state index in [9.17, 15) is 4.21 Å². The van der Waals surface area contributed by atoms with Crippen molar-refractivity contribution in [3.63, 3.8) is 0 Å². The first-order chi connectivity index (χ1) is 8.08. The van der Waals surface area contributed by atoms with Gasteiger partial charge in [-0.15, -0.1) is 0 Å². The number of aromatic nitrogens is 3. The summed E-state index contributed by atoms with van der Waals surface area (Å²) in [7, 11) is -0.767. The van der Waals surface area contributed by atoms with Gasteiger partial charge in [0, 0.05) is 35.0 Å². The average Bonchev–Trinajstić information content (AvgIpc) is 2.55. The topological polar surface area (TPSA) is 73.8 Å². The molecule has 2 N–H and O–H groups in total. The van der Waals surface area contributed by atoms with E-state index in [0.717, 1.165) is 23.3 Å². The second kappa shape index (κ2) is 4.83. The van der Waals surface area contributed by atoms with Crippen LogP contribution in [0.25, 0.3) is 11.2 Å². The monoisotopic (exact) mass is 252 g/mol. The molecular formula is C11H16N4OS. The van der Waals surface area contributed by atoms with Crippen molar-refractivity contribution in [3.05, 3.63) is 17.8 Å². The summed E-state index contributed by atoms with van der Waals surface area (Å²) >= 11 is 0. The first-order valence-electron chi connectivity index (χ1n) is 5.47. The predicted octanol–water partition coefficient (Wildman–Crippen LogP) is 1.09. The summed E-state index contributed by atoms with van der Waals surface area (Å²) in [6.07, 6.45) is 2.52. The summed E-state index contributed by atoms with van der Waals surface area (Å²) in [5, 5.41) is 0. The van der Waals surface area contributed by atoms with Crippen LogP contribution >= 0.6 is 0 Å². The minimum atomic E-state index is -0.767. The molecular weight excluding hydrogens is 236 g/mol. The van der Waals surface area contributed by atoms with Crippen LogP contribution in [0, 0.1) is 6.92 Å². The molecule has 0 radical (unpaired) electrons. The molecule has 0 aliphatic carbocycles. The molecule has 1 unspecified atom stereocenters. The fourth-order valence-corrected chi connectivity index (χ4v) is 2.30. The number of pyridine rings is 1. The van der Waals surface area contributed by atoms with Crippen LogP contribution in [0.1, 0.15) is 12.1 Å². The van der Waals surface area contributed by atoms with Gasteiger partial charge in [0.15, 0.2) is 5.65 Å². The molecule has 6 heteroatoms. The lowest BCUT2D eigenvalue weighted by molar-refractivity contribution is 0.669. The highest BCUT2D eigenvalue weighted by atomic mass is 32.2. The third-order valence-electron chi connectivity index (χ3n) is 2.57. The van der Waals surface area contributed by atoms with E-state index in [0.29, 0.717) is 18.2 Å². The third-order valence-corrected chi connectivity index (χ3v) is 3.44. The van der Waals surface area contributed by atoms with Gasteiger partial charge in [0.2, 0.25) is 5.95 Å². The molecule has 2 heterocycles. The fraction of sp³-hybridized carbons (Fsp3) is 0.455. The summed E-state index contributed by atoms with van der Waals surface area (Å²) in [6.45, 7) is 2.65. The Hall–Kier alpha value is -1.43. The van der Waals surface area contributed by atoms with Crippen LogP contribution in [0.5, 0.6) is 0 Å². The average molecular weight is 252 g/mol. The second-order valence-electron chi connectivity index (χ2n) is 4.05. The van der Waals surface area contributed by atoms with Gasteiger partial charge in [-0.1, -0.05) is 0 Å². The van der Waals surface area contributed by atoms with Crippen LogP contribution in [0.4, 0.5) is 5.95 Å². The third kappa shape index (κ3) is 2.63. The van der Waals surface area contributed by atoms with Crippen LogP contribution in [0.2, 0.25) is 0 Å². The molecule has 2 aromatic rings. The van der Waals surface area contributed by atoms with Gasteiger partial charge < -0.3 is 5.73 Å². The summed E-state index contributed by atoms with van der Waals surface area (Å²) < 4.78 is 12.9. The number of anilines is 1. The lowest BCUT2D eigenvalue weighted by Gasteiger charge is -2.04. The molecule has 92 valence electrons. The van der Waals surface area contributed by atoms with Gasteiger partial charge in [0.1, 0.15) is 5.52 Å². The zero-order valence-corrected chi connectivity index (χ0v) is 10.8. The van der Waals surface area contributed by atoms with E-state index in [2.05, 4.69) is 9.97 Å². The molecule has 0 aliphatic heterocycles. The number of nitrogen functional groups attached to an aromatic ring is 1. The Bertz CT molecular complexity index is 564. The van der Waals surface area contributed by atoms with E-state index in [4.69, 9.17) is 5.73 Å². The summed E-state index contributed by atoms with van der Waals surface area (Å²) in [6, 6.07) is 3.84. The van der Waals surface area contributed by atoms with Crippen LogP contribution in [-0.2, 0) is 17.3 Å². The Morgan fingerprint density at radius 2 is 2.18 bits per heavy atom. The van der Waals surface area contributed by atoms with Crippen LogP contribution in [0.3, 0.4) is 0 Å². The highest BCUT2D eigenvalue weighted by Gasteiger charge is 2.09. The SMILES string of the molecule is Cc1ccc2nc(N)n(CCCS(C)=O)c2n1. The lowest BCUT2D eigenvalue weighted by atomic mass is 10.3. The van der Waals surface area contributed by atoms with E-state index in [1.165, 1.54) is 0 Å². The first kappa shape index (κ1) is 12.0. The Morgan fingerprint density at radius 1 is 1.41 bits per heavy atom. The quantitative estimate of drug-likeness (QED) is 0.884. The number of hydrogen-bond donors (Lipinski definition) is 1. The molecule has 17 heavy (non-hydrogen) atoms. The van der Waals surface area contributed by atoms with Gasteiger partial charge >= 0.3 is 0 Å². The largest absolute Gasteiger partial charge is 0.369 e. The Kier molecular flexibility index (Phi) is 3.42. The highest BCUT2D eigenvalue weighted by molar-refractivity contribution is 7.84. The molecule has 0 bridgehead atoms. The van der Waals surface area contributed by atoms with Crippen molar-refractivity contribution in [1.82, 2.24) is 14.5 Å². The van der Waals surface area contributed by atoms with Crippen LogP contribution in [-0.4, -0.2) is 30.8 Å².